The Labute approximate surface area is 183 Å². The van der Waals surface area contributed by atoms with Gasteiger partial charge in [-0.25, -0.2) is 13.2 Å². The molecule has 2 heterocycles. The number of nitrogens with one attached hydrogen (secondary N) is 2. The first kappa shape index (κ1) is 23.0. The molecule has 0 spiro atoms. The monoisotopic (exact) mass is 447 g/mol. The fraction of sp³-hybridized carbons (Fsp3) is 0.455. The van der Waals surface area contributed by atoms with Crippen LogP contribution in [0, 0.1) is 19.8 Å². The topological polar surface area (TPSA) is 109 Å². The number of hydrogen-bond acceptors (Lipinski definition) is 5. The van der Waals surface area contributed by atoms with Crippen molar-refractivity contribution in [3.8, 4) is 0 Å². The normalized spacial score (nSPS) is 17.4. The van der Waals surface area contributed by atoms with Crippen LogP contribution in [0.15, 0.2) is 29.2 Å². The van der Waals surface area contributed by atoms with Crippen LogP contribution in [-0.2, 0) is 14.8 Å². The minimum absolute atomic E-state index is 0.205. The summed E-state index contributed by atoms with van der Waals surface area (Å²) in [5, 5.41) is 2.75. The number of rotatable bonds is 6. The van der Waals surface area contributed by atoms with Crippen molar-refractivity contribution in [2.75, 3.05) is 25.0 Å². The number of aromatic amines is 1. The average Bonchev–Trinajstić information content (AvgIpc) is 3.03. The predicted molar refractivity (Wildman–Crippen MR) is 118 cm³/mol. The Morgan fingerprint density at radius 2 is 1.90 bits per heavy atom. The summed E-state index contributed by atoms with van der Waals surface area (Å²) in [7, 11) is -3.55. The van der Waals surface area contributed by atoms with Gasteiger partial charge in [0.05, 0.1) is 17.1 Å². The molecule has 1 fully saturated rings. The number of amides is 1. The van der Waals surface area contributed by atoms with Gasteiger partial charge in [0.25, 0.3) is 5.91 Å². The number of sulfonamides is 1. The second kappa shape index (κ2) is 9.23. The third-order valence-electron chi connectivity index (χ3n) is 5.51. The second-order valence-corrected chi connectivity index (χ2v) is 9.87. The molecule has 9 heteroatoms. The predicted octanol–water partition coefficient (Wildman–Crippen LogP) is 3.48. The van der Waals surface area contributed by atoms with E-state index in [4.69, 9.17) is 4.74 Å². The zero-order chi connectivity index (χ0) is 22.8. The van der Waals surface area contributed by atoms with E-state index < -0.39 is 21.9 Å². The molecule has 8 nitrogen and oxygen atoms in total. The number of H-pyrrole nitrogens is 1. The number of ether oxygens (including phenoxy) is 1. The van der Waals surface area contributed by atoms with E-state index in [0.29, 0.717) is 41.5 Å². The Bertz CT molecular complexity index is 1070. The van der Waals surface area contributed by atoms with E-state index >= 15 is 0 Å². The van der Waals surface area contributed by atoms with Gasteiger partial charge in [-0.3, -0.25) is 4.79 Å². The molecule has 1 saturated heterocycles. The molecule has 3 rings (SSSR count). The van der Waals surface area contributed by atoms with Gasteiger partial charge >= 0.3 is 5.97 Å². The van der Waals surface area contributed by atoms with Crippen LogP contribution in [0.5, 0.6) is 0 Å². The van der Waals surface area contributed by atoms with Crippen LogP contribution in [0.25, 0.3) is 0 Å². The molecule has 1 aromatic heterocycles. The summed E-state index contributed by atoms with van der Waals surface area (Å²) in [6.45, 7) is 8.46. The van der Waals surface area contributed by atoms with E-state index in [9.17, 15) is 18.0 Å². The highest BCUT2D eigenvalue weighted by molar-refractivity contribution is 7.89. The molecule has 1 amide bonds. The number of benzene rings is 1. The summed E-state index contributed by atoms with van der Waals surface area (Å²) >= 11 is 0. The van der Waals surface area contributed by atoms with E-state index in [2.05, 4.69) is 17.2 Å². The molecule has 1 atom stereocenters. The standard InChI is InChI=1S/C22H29N3O5S/c1-5-30-22(27)19-15(3)20(23-16(19)4)21(26)24-17-8-10-18(11-9-17)31(28,29)25-12-6-7-14(2)13-25/h8-11,14,23H,5-7,12-13H2,1-4H3,(H,24,26). The SMILES string of the molecule is CCOC(=O)c1c(C)[nH]c(C(=O)Nc2ccc(S(=O)(=O)N3CCCC(C)C3)cc2)c1C. The van der Waals surface area contributed by atoms with Crippen LogP contribution in [0.1, 0.15) is 58.8 Å². The Morgan fingerprint density at radius 1 is 1.23 bits per heavy atom. The highest BCUT2D eigenvalue weighted by Crippen LogP contribution is 2.25. The minimum atomic E-state index is -3.55. The lowest BCUT2D eigenvalue weighted by Gasteiger charge is -2.30. The number of hydrogen-bond donors (Lipinski definition) is 2. The quantitative estimate of drug-likeness (QED) is 0.659. The molecule has 168 valence electrons. The number of piperidine rings is 1. The molecule has 0 bridgehead atoms. The van der Waals surface area contributed by atoms with E-state index in [1.165, 1.54) is 16.4 Å². The lowest BCUT2D eigenvalue weighted by molar-refractivity contribution is 0.0525. The first-order valence-electron chi connectivity index (χ1n) is 10.4. The maximum Gasteiger partial charge on any atom is 0.340 e. The molecule has 2 N–H and O–H groups in total. The number of aryl methyl sites for hydroxylation is 1. The summed E-state index contributed by atoms with van der Waals surface area (Å²) in [5.41, 5.74) is 2.13. The van der Waals surface area contributed by atoms with E-state index in [0.717, 1.165) is 12.8 Å². The fourth-order valence-electron chi connectivity index (χ4n) is 3.90. The first-order chi connectivity index (χ1) is 14.6. The second-order valence-electron chi connectivity index (χ2n) is 7.93. The van der Waals surface area contributed by atoms with Gasteiger partial charge in [-0.05, 0) is 69.4 Å². The highest BCUT2D eigenvalue weighted by Gasteiger charge is 2.28. The summed E-state index contributed by atoms with van der Waals surface area (Å²) < 4.78 is 32.3. The van der Waals surface area contributed by atoms with Crippen LogP contribution in [0.2, 0.25) is 0 Å². The van der Waals surface area contributed by atoms with Crippen LogP contribution in [0.4, 0.5) is 5.69 Å². The maximum absolute atomic E-state index is 12.9. The van der Waals surface area contributed by atoms with Crippen LogP contribution in [0.3, 0.4) is 0 Å². The van der Waals surface area contributed by atoms with Crippen molar-refractivity contribution in [1.29, 1.82) is 0 Å². The molecule has 2 aromatic rings. The fourth-order valence-corrected chi connectivity index (χ4v) is 5.50. The van der Waals surface area contributed by atoms with Crippen molar-refractivity contribution in [1.82, 2.24) is 9.29 Å². The van der Waals surface area contributed by atoms with Crippen molar-refractivity contribution in [3.05, 3.63) is 46.8 Å². The Balaban J connectivity index is 1.75. The third-order valence-corrected chi connectivity index (χ3v) is 7.39. The van der Waals surface area contributed by atoms with E-state index in [-0.39, 0.29) is 17.2 Å². The molecular weight excluding hydrogens is 418 g/mol. The Morgan fingerprint density at radius 3 is 2.52 bits per heavy atom. The van der Waals surface area contributed by atoms with Crippen molar-refractivity contribution in [3.63, 3.8) is 0 Å². The zero-order valence-corrected chi connectivity index (χ0v) is 19.1. The van der Waals surface area contributed by atoms with Gasteiger partial charge in [0, 0.05) is 24.5 Å². The Hall–Kier alpha value is -2.65. The third kappa shape index (κ3) is 4.83. The molecule has 31 heavy (non-hydrogen) atoms. The number of nitrogens with zero attached hydrogens (tertiary/aromatic N) is 1. The summed E-state index contributed by atoms with van der Waals surface area (Å²) in [4.78, 5) is 28.0. The lowest BCUT2D eigenvalue weighted by Crippen LogP contribution is -2.39. The number of anilines is 1. The van der Waals surface area contributed by atoms with Crippen molar-refractivity contribution in [2.24, 2.45) is 5.92 Å². The van der Waals surface area contributed by atoms with Crippen LogP contribution < -0.4 is 5.32 Å². The number of esters is 1. The van der Waals surface area contributed by atoms with Gasteiger partial charge in [-0.1, -0.05) is 6.92 Å². The molecular formula is C22H29N3O5S. The van der Waals surface area contributed by atoms with Gasteiger partial charge in [-0.2, -0.15) is 4.31 Å². The first-order valence-corrected chi connectivity index (χ1v) is 11.9. The maximum atomic E-state index is 12.9. The molecule has 0 aliphatic carbocycles. The van der Waals surface area contributed by atoms with Gasteiger partial charge < -0.3 is 15.0 Å². The van der Waals surface area contributed by atoms with Crippen LogP contribution >= 0.6 is 0 Å². The minimum Gasteiger partial charge on any atom is -0.462 e. The van der Waals surface area contributed by atoms with Gasteiger partial charge in [-0.15, -0.1) is 0 Å². The van der Waals surface area contributed by atoms with E-state index in [1.807, 2.05) is 0 Å². The molecule has 1 aliphatic rings. The number of carbonyl (C=O) groups is 2. The summed E-state index contributed by atoms with van der Waals surface area (Å²) in [6.07, 6.45) is 1.89. The van der Waals surface area contributed by atoms with Gasteiger partial charge in [0.15, 0.2) is 0 Å². The van der Waals surface area contributed by atoms with Crippen molar-refractivity contribution in [2.45, 2.75) is 45.4 Å². The molecule has 1 aromatic carbocycles. The van der Waals surface area contributed by atoms with Crippen LogP contribution in [-0.4, -0.2) is 49.3 Å². The highest BCUT2D eigenvalue weighted by atomic mass is 32.2. The largest absolute Gasteiger partial charge is 0.462 e. The Kier molecular flexibility index (Phi) is 6.86. The van der Waals surface area contributed by atoms with Crippen molar-refractivity contribution < 1.29 is 22.7 Å². The molecule has 0 saturated carbocycles. The average molecular weight is 448 g/mol. The lowest BCUT2D eigenvalue weighted by atomic mass is 10.0. The zero-order valence-electron chi connectivity index (χ0n) is 18.3. The van der Waals surface area contributed by atoms with Crippen molar-refractivity contribution >= 4 is 27.6 Å². The molecule has 1 unspecified atom stereocenters. The summed E-state index contributed by atoms with van der Waals surface area (Å²) in [6, 6.07) is 6.13. The smallest absolute Gasteiger partial charge is 0.340 e. The van der Waals surface area contributed by atoms with E-state index in [1.54, 1.807) is 32.9 Å². The van der Waals surface area contributed by atoms with Gasteiger partial charge in [0.1, 0.15) is 5.69 Å². The summed E-state index contributed by atoms with van der Waals surface area (Å²) in [5.74, 6) is -0.555. The number of carbonyl (C=O) groups excluding carboxylic acids is 2. The molecule has 0 radical (unpaired) electrons. The van der Waals surface area contributed by atoms with Gasteiger partial charge in [0.2, 0.25) is 10.0 Å². The number of aromatic nitrogens is 1. The molecule has 1 aliphatic heterocycles.